The number of hydrogen-bond acceptors (Lipinski definition) is 2. The Morgan fingerprint density at radius 1 is 1.00 bits per heavy atom. The molecule has 0 unspecified atom stereocenters. The molecule has 2 rings (SSSR count). The fraction of sp³-hybridized carbons (Fsp3) is 0.235. The molecule has 0 aromatic heterocycles. The van der Waals surface area contributed by atoms with Crippen molar-refractivity contribution in [1.29, 1.82) is 0 Å². The van der Waals surface area contributed by atoms with E-state index in [1.807, 2.05) is 30.3 Å². The molecule has 0 aliphatic heterocycles. The van der Waals surface area contributed by atoms with Gasteiger partial charge in [0.05, 0.1) is 6.61 Å². The van der Waals surface area contributed by atoms with Crippen molar-refractivity contribution >= 4 is 5.91 Å². The zero-order chi connectivity index (χ0) is 14.2. The van der Waals surface area contributed by atoms with Crippen LogP contribution < -0.4 is 10.1 Å². The lowest BCUT2D eigenvalue weighted by Gasteiger charge is -2.07. The molecule has 3 nitrogen and oxygen atoms in total. The molecule has 0 aliphatic rings. The molecular weight excluding hydrogens is 250 g/mol. The van der Waals surface area contributed by atoms with Crippen molar-refractivity contribution in [2.45, 2.75) is 13.3 Å². The van der Waals surface area contributed by atoms with Crippen molar-refractivity contribution in [3.8, 4) is 16.9 Å². The van der Waals surface area contributed by atoms with E-state index >= 15 is 0 Å². The summed E-state index contributed by atoms with van der Waals surface area (Å²) >= 11 is 0. The standard InChI is InChI=1S/C17H19NO2/c1-14(19)18-12-5-13-20-17-10-8-16(9-11-17)15-6-3-2-4-7-15/h2-4,6-11H,5,12-13H2,1H3,(H,18,19). The Kier molecular flexibility index (Phi) is 5.18. The summed E-state index contributed by atoms with van der Waals surface area (Å²) in [7, 11) is 0. The van der Waals surface area contributed by atoms with Gasteiger partial charge in [0.1, 0.15) is 5.75 Å². The maximum atomic E-state index is 10.7. The van der Waals surface area contributed by atoms with Crippen molar-refractivity contribution in [3.05, 3.63) is 54.6 Å². The minimum absolute atomic E-state index is 0.00258. The fourth-order valence-electron chi connectivity index (χ4n) is 1.90. The molecular formula is C17H19NO2. The number of rotatable bonds is 6. The topological polar surface area (TPSA) is 38.3 Å². The molecule has 0 spiro atoms. The zero-order valence-electron chi connectivity index (χ0n) is 11.6. The number of amides is 1. The minimum Gasteiger partial charge on any atom is -0.494 e. The molecule has 1 amide bonds. The van der Waals surface area contributed by atoms with Crippen molar-refractivity contribution in [2.24, 2.45) is 0 Å². The van der Waals surface area contributed by atoms with Crippen molar-refractivity contribution < 1.29 is 9.53 Å². The summed E-state index contributed by atoms with van der Waals surface area (Å²) in [5, 5.41) is 2.74. The largest absolute Gasteiger partial charge is 0.494 e. The number of ether oxygens (including phenoxy) is 1. The predicted molar refractivity (Wildman–Crippen MR) is 80.7 cm³/mol. The van der Waals surface area contributed by atoms with Crippen molar-refractivity contribution in [3.63, 3.8) is 0 Å². The lowest BCUT2D eigenvalue weighted by Crippen LogP contribution is -2.22. The lowest BCUT2D eigenvalue weighted by atomic mass is 10.1. The van der Waals surface area contributed by atoms with E-state index in [2.05, 4.69) is 29.6 Å². The highest BCUT2D eigenvalue weighted by Gasteiger charge is 1.98. The molecule has 0 radical (unpaired) electrons. The predicted octanol–water partition coefficient (Wildman–Crippen LogP) is 3.26. The Bertz CT molecular complexity index is 535. The Balaban J connectivity index is 1.82. The Morgan fingerprint density at radius 3 is 2.30 bits per heavy atom. The molecule has 2 aromatic rings. The van der Waals surface area contributed by atoms with Gasteiger partial charge >= 0.3 is 0 Å². The molecule has 0 atom stereocenters. The minimum atomic E-state index is -0.00258. The van der Waals surface area contributed by atoms with Gasteiger partial charge in [-0.15, -0.1) is 0 Å². The van der Waals surface area contributed by atoms with Gasteiger partial charge in [0.15, 0.2) is 0 Å². The molecule has 0 saturated carbocycles. The first-order valence-corrected chi connectivity index (χ1v) is 6.78. The summed E-state index contributed by atoms with van der Waals surface area (Å²) in [6.07, 6.45) is 0.806. The van der Waals surface area contributed by atoms with Gasteiger partial charge in [-0.25, -0.2) is 0 Å². The Morgan fingerprint density at radius 2 is 1.65 bits per heavy atom. The van der Waals surface area contributed by atoms with Gasteiger partial charge in [-0.2, -0.15) is 0 Å². The van der Waals surface area contributed by atoms with E-state index < -0.39 is 0 Å². The van der Waals surface area contributed by atoms with E-state index in [1.165, 1.54) is 18.1 Å². The Hall–Kier alpha value is -2.29. The van der Waals surface area contributed by atoms with Crippen LogP contribution in [0.1, 0.15) is 13.3 Å². The van der Waals surface area contributed by atoms with Gasteiger partial charge in [-0.3, -0.25) is 4.79 Å². The normalized spacial score (nSPS) is 10.1. The average Bonchev–Trinajstić information content (AvgIpc) is 2.48. The summed E-state index contributed by atoms with van der Waals surface area (Å²) in [6, 6.07) is 18.3. The van der Waals surface area contributed by atoms with Crippen LogP contribution in [0.3, 0.4) is 0 Å². The molecule has 0 aliphatic carbocycles. The number of hydrogen-bond donors (Lipinski definition) is 1. The molecule has 0 bridgehead atoms. The monoisotopic (exact) mass is 269 g/mol. The van der Waals surface area contributed by atoms with Crippen LogP contribution >= 0.6 is 0 Å². The summed E-state index contributed by atoms with van der Waals surface area (Å²) < 4.78 is 5.63. The molecule has 104 valence electrons. The SMILES string of the molecule is CC(=O)NCCCOc1ccc(-c2ccccc2)cc1. The van der Waals surface area contributed by atoms with Crippen molar-refractivity contribution in [1.82, 2.24) is 5.32 Å². The lowest BCUT2D eigenvalue weighted by molar-refractivity contribution is -0.118. The molecule has 0 fully saturated rings. The van der Waals surface area contributed by atoms with Crippen LogP contribution in [0, 0.1) is 0 Å². The second-order valence-electron chi connectivity index (χ2n) is 4.58. The van der Waals surface area contributed by atoms with Crippen LogP contribution in [-0.4, -0.2) is 19.1 Å². The number of nitrogens with one attached hydrogen (secondary N) is 1. The number of carbonyl (C=O) groups excluding carboxylic acids is 1. The number of benzene rings is 2. The third kappa shape index (κ3) is 4.43. The van der Waals surface area contributed by atoms with Crippen LogP contribution in [0.4, 0.5) is 0 Å². The van der Waals surface area contributed by atoms with Gasteiger partial charge < -0.3 is 10.1 Å². The van der Waals surface area contributed by atoms with E-state index in [0.717, 1.165) is 12.2 Å². The zero-order valence-corrected chi connectivity index (χ0v) is 11.6. The maximum Gasteiger partial charge on any atom is 0.216 e. The van der Waals surface area contributed by atoms with Gasteiger partial charge in [-0.1, -0.05) is 42.5 Å². The molecule has 1 N–H and O–H groups in total. The highest BCUT2D eigenvalue weighted by atomic mass is 16.5. The first-order valence-electron chi connectivity index (χ1n) is 6.78. The first-order chi connectivity index (χ1) is 9.75. The van der Waals surface area contributed by atoms with Crippen LogP contribution in [-0.2, 0) is 4.79 Å². The molecule has 0 heterocycles. The van der Waals surface area contributed by atoms with E-state index in [4.69, 9.17) is 4.74 Å². The molecule has 20 heavy (non-hydrogen) atoms. The average molecular weight is 269 g/mol. The molecule has 2 aromatic carbocycles. The van der Waals surface area contributed by atoms with E-state index in [-0.39, 0.29) is 5.91 Å². The summed E-state index contributed by atoms with van der Waals surface area (Å²) in [6.45, 7) is 2.77. The Labute approximate surface area is 119 Å². The van der Waals surface area contributed by atoms with Crippen LogP contribution in [0.15, 0.2) is 54.6 Å². The van der Waals surface area contributed by atoms with Gasteiger partial charge in [0.25, 0.3) is 0 Å². The molecule has 0 saturated heterocycles. The smallest absolute Gasteiger partial charge is 0.216 e. The van der Waals surface area contributed by atoms with Crippen LogP contribution in [0.25, 0.3) is 11.1 Å². The van der Waals surface area contributed by atoms with Gasteiger partial charge in [-0.05, 0) is 29.7 Å². The fourth-order valence-corrected chi connectivity index (χ4v) is 1.90. The summed E-state index contributed by atoms with van der Waals surface area (Å²) in [4.78, 5) is 10.7. The van der Waals surface area contributed by atoms with Crippen LogP contribution in [0.5, 0.6) is 5.75 Å². The molecule has 3 heteroatoms. The highest BCUT2D eigenvalue weighted by molar-refractivity contribution is 5.72. The van der Waals surface area contributed by atoms with E-state index in [9.17, 15) is 4.79 Å². The van der Waals surface area contributed by atoms with E-state index in [1.54, 1.807) is 0 Å². The van der Waals surface area contributed by atoms with Crippen LogP contribution in [0.2, 0.25) is 0 Å². The summed E-state index contributed by atoms with van der Waals surface area (Å²) in [5.41, 5.74) is 2.38. The van der Waals surface area contributed by atoms with Crippen molar-refractivity contribution in [2.75, 3.05) is 13.2 Å². The first kappa shape index (κ1) is 14.1. The second kappa shape index (κ2) is 7.34. The van der Waals surface area contributed by atoms with Gasteiger partial charge in [0, 0.05) is 13.5 Å². The summed E-state index contributed by atoms with van der Waals surface area (Å²) in [5.74, 6) is 0.852. The third-order valence-corrected chi connectivity index (χ3v) is 2.93. The number of carbonyl (C=O) groups is 1. The quantitative estimate of drug-likeness (QED) is 0.817. The highest BCUT2D eigenvalue weighted by Crippen LogP contribution is 2.21. The van der Waals surface area contributed by atoms with Gasteiger partial charge in [0.2, 0.25) is 5.91 Å². The maximum absolute atomic E-state index is 10.7. The third-order valence-electron chi connectivity index (χ3n) is 2.93. The van der Waals surface area contributed by atoms with E-state index in [0.29, 0.717) is 13.2 Å². The second-order valence-corrected chi connectivity index (χ2v) is 4.58.